The number of nitrogens with zero attached hydrogens (tertiary/aromatic N) is 1. The Hall–Kier alpha value is -1.66. The summed E-state index contributed by atoms with van der Waals surface area (Å²) in [5.41, 5.74) is 4.59. The van der Waals surface area contributed by atoms with Crippen molar-refractivity contribution < 1.29 is 23.0 Å². The van der Waals surface area contributed by atoms with Gasteiger partial charge in [0.05, 0.1) is 30.1 Å². The minimum absolute atomic E-state index is 0.00956. The predicted molar refractivity (Wildman–Crippen MR) is 111 cm³/mol. The minimum atomic E-state index is -4.32. The van der Waals surface area contributed by atoms with Gasteiger partial charge in [0.2, 0.25) is 0 Å². The van der Waals surface area contributed by atoms with E-state index < -0.39 is 17.9 Å². The van der Waals surface area contributed by atoms with Crippen LogP contribution in [0.15, 0.2) is 23.8 Å². The van der Waals surface area contributed by atoms with Gasteiger partial charge in [0.25, 0.3) is 0 Å². The highest BCUT2D eigenvalue weighted by Gasteiger charge is 2.43. The Labute approximate surface area is 181 Å². The highest BCUT2D eigenvalue weighted by Crippen LogP contribution is 2.52. The molecule has 2 heterocycles. The summed E-state index contributed by atoms with van der Waals surface area (Å²) in [5, 5.41) is 11.2. The Morgan fingerprint density at radius 2 is 1.84 bits per heavy atom. The summed E-state index contributed by atoms with van der Waals surface area (Å²) in [4.78, 5) is 4.97. The second kappa shape index (κ2) is 7.45. The van der Waals surface area contributed by atoms with Crippen molar-refractivity contribution in [2.45, 2.75) is 89.7 Å². The molecule has 168 valence electrons. The maximum absolute atomic E-state index is 13.1. The van der Waals surface area contributed by atoms with Gasteiger partial charge in [0.1, 0.15) is 0 Å². The topological polar surface area (TPSA) is 42.4 Å². The SMILES string of the molecule is CC1(C)Cc2nc3c(c(C4CCCC4)c2[C@@H](O)C1)C(C1C=CC(C(F)(F)F)=CC1)OC3. The summed E-state index contributed by atoms with van der Waals surface area (Å²) in [6.07, 6.45) is 5.31. The molecule has 1 aromatic rings. The highest BCUT2D eigenvalue weighted by molar-refractivity contribution is 5.49. The Bertz CT molecular complexity index is 941. The first-order valence-corrected chi connectivity index (χ1v) is 11.4. The number of hydrogen-bond acceptors (Lipinski definition) is 3. The van der Waals surface area contributed by atoms with Crippen molar-refractivity contribution in [3.63, 3.8) is 0 Å². The molecule has 0 bridgehead atoms. The fraction of sp³-hybridized carbons (Fsp3) is 0.640. The average Bonchev–Trinajstić information content (AvgIpc) is 3.35. The highest BCUT2D eigenvalue weighted by atomic mass is 19.4. The molecular weight excluding hydrogens is 403 g/mol. The van der Waals surface area contributed by atoms with Crippen molar-refractivity contribution in [3.8, 4) is 0 Å². The van der Waals surface area contributed by atoms with Crippen molar-refractivity contribution in [3.05, 3.63) is 51.9 Å². The zero-order valence-corrected chi connectivity index (χ0v) is 18.1. The lowest BCUT2D eigenvalue weighted by molar-refractivity contribution is -0.0890. The number of hydrogen-bond donors (Lipinski definition) is 1. The number of allylic oxidation sites excluding steroid dienone is 3. The zero-order valence-electron chi connectivity index (χ0n) is 18.1. The zero-order chi connectivity index (χ0) is 22.0. The molecule has 0 amide bonds. The van der Waals surface area contributed by atoms with Crippen LogP contribution in [0.1, 0.15) is 98.6 Å². The molecule has 31 heavy (non-hydrogen) atoms. The molecule has 0 radical (unpaired) electrons. The molecule has 3 nitrogen and oxygen atoms in total. The molecule has 2 unspecified atom stereocenters. The normalized spacial score (nSPS) is 30.3. The van der Waals surface area contributed by atoms with Gasteiger partial charge in [-0.05, 0) is 49.0 Å². The molecule has 1 fully saturated rings. The number of pyridine rings is 1. The molecule has 1 N–H and O–H groups in total. The Kier molecular flexibility index (Phi) is 5.09. The van der Waals surface area contributed by atoms with E-state index in [1.165, 1.54) is 30.6 Å². The first-order valence-electron chi connectivity index (χ1n) is 11.4. The molecule has 3 atom stereocenters. The van der Waals surface area contributed by atoms with Crippen molar-refractivity contribution >= 4 is 0 Å². The summed E-state index contributed by atoms with van der Waals surface area (Å²) < 4.78 is 45.4. The Morgan fingerprint density at radius 1 is 1.10 bits per heavy atom. The maximum atomic E-state index is 13.1. The van der Waals surface area contributed by atoms with E-state index in [2.05, 4.69) is 13.8 Å². The number of rotatable bonds is 2. The second-order valence-corrected chi connectivity index (χ2v) is 10.4. The van der Waals surface area contributed by atoms with Gasteiger partial charge < -0.3 is 9.84 Å². The van der Waals surface area contributed by atoms with E-state index >= 15 is 0 Å². The van der Waals surface area contributed by atoms with E-state index in [0.29, 0.717) is 25.4 Å². The molecule has 0 aromatic carbocycles. The van der Waals surface area contributed by atoms with E-state index in [9.17, 15) is 18.3 Å². The van der Waals surface area contributed by atoms with E-state index in [4.69, 9.17) is 9.72 Å². The number of alkyl halides is 3. The summed E-state index contributed by atoms with van der Waals surface area (Å²) in [5.74, 6) is 0.226. The van der Waals surface area contributed by atoms with Crippen LogP contribution in [-0.2, 0) is 17.8 Å². The van der Waals surface area contributed by atoms with Gasteiger partial charge in [-0.1, -0.05) is 44.9 Å². The molecule has 0 spiro atoms. The van der Waals surface area contributed by atoms with Gasteiger partial charge in [0, 0.05) is 22.7 Å². The van der Waals surface area contributed by atoms with Crippen LogP contribution < -0.4 is 0 Å². The van der Waals surface area contributed by atoms with Gasteiger partial charge in [-0.25, -0.2) is 0 Å². The Balaban J connectivity index is 1.57. The standard InChI is InChI=1S/C25H30F3NO2/c1-24(2)11-17-21(19(30)12-24)20(14-5-3-4-6-14)22-18(29-17)13-31-23(22)15-7-9-16(10-8-15)25(26,27)28/h7,9-10,14-15,19,23,30H,3-6,8,11-13H2,1-2H3/t15?,19-,23?/m0/s1. The van der Waals surface area contributed by atoms with Crippen LogP contribution in [-0.4, -0.2) is 16.3 Å². The molecule has 1 aromatic heterocycles. The van der Waals surface area contributed by atoms with E-state index in [-0.39, 0.29) is 17.4 Å². The van der Waals surface area contributed by atoms with Crippen LogP contribution in [0.2, 0.25) is 0 Å². The molecule has 5 rings (SSSR count). The number of fused-ring (bicyclic) bond motifs is 2. The number of aromatic nitrogens is 1. The smallest absolute Gasteiger partial charge is 0.388 e. The molecule has 6 heteroatoms. The summed E-state index contributed by atoms with van der Waals surface area (Å²) in [6, 6.07) is 0. The fourth-order valence-electron chi connectivity index (χ4n) is 6.14. The van der Waals surface area contributed by atoms with Crippen LogP contribution in [0.25, 0.3) is 0 Å². The van der Waals surface area contributed by atoms with Gasteiger partial charge in [-0.3, -0.25) is 4.98 Å². The lowest BCUT2D eigenvalue weighted by atomic mass is 9.70. The maximum Gasteiger partial charge on any atom is 0.416 e. The summed E-state index contributed by atoms with van der Waals surface area (Å²) >= 11 is 0. The van der Waals surface area contributed by atoms with E-state index in [1.807, 2.05) is 0 Å². The van der Waals surface area contributed by atoms with E-state index in [0.717, 1.165) is 41.8 Å². The van der Waals surface area contributed by atoms with Crippen LogP contribution in [0.4, 0.5) is 13.2 Å². The second-order valence-electron chi connectivity index (χ2n) is 10.4. The monoisotopic (exact) mass is 433 g/mol. The van der Waals surface area contributed by atoms with Gasteiger partial charge in [0.15, 0.2) is 0 Å². The first kappa shape index (κ1) is 21.2. The molecule has 3 aliphatic carbocycles. The number of halogens is 3. The van der Waals surface area contributed by atoms with Crippen molar-refractivity contribution in [2.24, 2.45) is 11.3 Å². The predicted octanol–water partition coefficient (Wildman–Crippen LogP) is 6.38. The van der Waals surface area contributed by atoms with Gasteiger partial charge in [-0.2, -0.15) is 13.2 Å². The lowest BCUT2D eigenvalue weighted by Crippen LogP contribution is -2.29. The van der Waals surface area contributed by atoms with Crippen LogP contribution >= 0.6 is 0 Å². The van der Waals surface area contributed by atoms with Crippen LogP contribution in [0.5, 0.6) is 0 Å². The number of aliphatic hydroxyl groups excluding tert-OH is 1. The molecule has 1 aliphatic heterocycles. The molecule has 4 aliphatic rings. The quantitative estimate of drug-likeness (QED) is 0.588. The third kappa shape index (κ3) is 3.76. The van der Waals surface area contributed by atoms with Crippen molar-refractivity contribution in [1.82, 2.24) is 4.98 Å². The Morgan fingerprint density at radius 3 is 2.48 bits per heavy atom. The lowest BCUT2D eigenvalue weighted by Gasteiger charge is -2.37. The van der Waals surface area contributed by atoms with Crippen molar-refractivity contribution in [1.29, 1.82) is 0 Å². The minimum Gasteiger partial charge on any atom is -0.388 e. The average molecular weight is 434 g/mol. The largest absolute Gasteiger partial charge is 0.416 e. The molecular formula is C25H30F3NO2. The number of ether oxygens (including phenoxy) is 1. The van der Waals surface area contributed by atoms with E-state index in [1.54, 1.807) is 6.08 Å². The van der Waals surface area contributed by atoms with Crippen LogP contribution in [0.3, 0.4) is 0 Å². The third-order valence-electron chi connectivity index (χ3n) is 7.49. The molecule has 1 saturated carbocycles. The van der Waals surface area contributed by atoms with Gasteiger partial charge in [-0.15, -0.1) is 0 Å². The van der Waals surface area contributed by atoms with Crippen LogP contribution in [0, 0.1) is 11.3 Å². The molecule has 0 saturated heterocycles. The fourth-order valence-corrected chi connectivity index (χ4v) is 6.14. The number of aliphatic hydroxyl groups is 1. The van der Waals surface area contributed by atoms with Gasteiger partial charge >= 0.3 is 6.18 Å². The third-order valence-corrected chi connectivity index (χ3v) is 7.49. The first-order chi connectivity index (χ1) is 14.6. The summed E-state index contributed by atoms with van der Waals surface area (Å²) in [6.45, 7) is 4.73. The van der Waals surface area contributed by atoms with Crippen molar-refractivity contribution in [2.75, 3.05) is 0 Å². The summed E-state index contributed by atoms with van der Waals surface area (Å²) in [7, 11) is 0.